The van der Waals surface area contributed by atoms with Gasteiger partial charge < -0.3 is 15.1 Å². The number of halogens is 1. The van der Waals surface area contributed by atoms with Crippen LogP contribution in [0.25, 0.3) is 0 Å². The van der Waals surface area contributed by atoms with Gasteiger partial charge in [-0.15, -0.1) is 0 Å². The minimum Gasteiger partial charge on any atom is -0.376 e. The molecular formula is C26H35BrN4O. The van der Waals surface area contributed by atoms with Gasteiger partial charge in [0, 0.05) is 49.4 Å². The standard InChI is InChI=1S/C26H35BrN4O/c1-29(2)13-14-31(18-21-5-3-7-23(27)15-21)26(32)16-28-25-8-4-6-22-19-30(12-11-24(22)25)17-20-9-10-20/h3-8,15,20,28H,9-14,16-19H2,1-2H3. The van der Waals surface area contributed by atoms with Gasteiger partial charge in [-0.05, 0) is 74.2 Å². The maximum absolute atomic E-state index is 13.2. The van der Waals surface area contributed by atoms with E-state index < -0.39 is 0 Å². The number of benzene rings is 2. The smallest absolute Gasteiger partial charge is 0.242 e. The lowest BCUT2D eigenvalue weighted by Gasteiger charge is -2.30. The molecule has 1 heterocycles. The Bertz CT molecular complexity index is 928. The summed E-state index contributed by atoms with van der Waals surface area (Å²) in [4.78, 5) is 19.9. The van der Waals surface area contributed by atoms with E-state index in [1.807, 2.05) is 31.1 Å². The largest absolute Gasteiger partial charge is 0.376 e. The monoisotopic (exact) mass is 498 g/mol. The Labute approximate surface area is 200 Å². The van der Waals surface area contributed by atoms with Gasteiger partial charge in [0.2, 0.25) is 5.91 Å². The highest BCUT2D eigenvalue weighted by Crippen LogP contribution is 2.32. The molecule has 4 rings (SSSR count). The van der Waals surface area contributed by atoms with Crippen molar-refractivity contribution < 1.29 is 4.79 Å². The quantitative estimate of drug-likeness (QED) is 0.532. The highest BCUT2D eigenvalue weighted by Gasteiger charge is 2.27. The molecule has 1 aliphatic carbocycles. The Morgan fingerprint density at radius 1 is 1.16 bits per heavy atom. The normalized spacial score (nSPS) is 16.1. The SMILES string of the molecule is CN(C)CCN(Cc1cccc(Br)c1)C(=O)CNc1cccc2c1CCN(CC1CC1)C2. The molecule has 2 aromatic rings. The minimum absolute atomic E-state index is 0.135. The van der Waals surface area contributed by atoms with Crippen molar-refractivity contribution in [2.24, 2.45) is 5.92 Å². The molecule has 0 spiro atoms. The van der Waals surface area contributed by atoms with E-state index in [1.165, 1.54) is 30.5 Å². The van der Waals surface area contributed by atoms with E-state index in [4.69, 9.17) is 0 Å². The lowest BCUT2D eigenvalue weighted by molar-refractivity contribution is -0.130. The van der Waals surface area contributed by atoms with Crippen LogP contribution >= 0.6 is 15.9 Å². The number of amides is 1. The molecule has 2 aromatic carbocycles. The Hall–Kier alpha value is -1.89. The Morgan fingerprint density at radius 2 is 1.97 bits per heavy atom. The number of likely N-dealkylation sites (N-methyl/N-ethyl adjacent to an activating group) is 1. The molecule has 1 amide bonds. The van der Waals surface area contributed by atoms with Crippen LogP contribution in [-0.4, -0.2) is 67.4 Å². The van der Waals surface area contributed by atoms with Crippen molar-refractivity contribution in [3.05, 3.63) is 63.6 Å². The molecule has 0 bridgehead atoms. The first-order valence-electron chi connectivity index (χ1n) is 11.7. The number of carbonyl (C=O) groups excluding carboxylic acids is 1. The fourth-order valence-electron chi connectivity index (χ4n) is 4.41. The molecule has 6 heteroatoms. The molecule has 172 valence electrons. The molecule has 0 saturated heterocycles. The van der Waals surface area contributed by atoms with Crippen LogP contribution in [0.4, 0.5) is 5.69 Å². The summed E-state index contributed by atoms with van der Waals surface area (Å²) in [6.45, 7) is 5.90. The Balaban J connectivity index is 1.39. The molecule has 5 nitrogen and oxygen atoms in total. The topological polar surface area (TPSA) is 38.8 Å². The van der Waals surface area contributed by atoms with E-state index in [9.17, 15) is 4.79 Å². The first-order valence-corrected chi connectivity index (χ1v) is 12.5. The van der Waals surface area contributed by atoms with Crippen molar-refractivity contribution in [2.75, 3.05) is 52.1 Å². The van der Waals surface area contributed by atoms with Gasteiger partial charge in [0.1, 0.15) is 0 Å². The average Bonchev–Trinajstić information content (AvgIpc) is 3.58. The summed E-state index contributed by atoms with van der Waals surface area (Å²) in [5.74, 6) is 1.06. The number of anilines is 1. The summed E-state index contributed by atoms with van der Waals surface area (Å²) in [6, 6.07) is 14.7. The summed E-state index contributed by atoms with van der Waals surface area (Å²) in [6.07, 6.45) is 3.86. The predicted octanol–water partition coefficient (Wildman–Crippen LogP) is 4.22. The first kappa shape index (κ1) is 23.3. The second-order valence-electron chi connectivity index (χ2n) is 9.47. The molecule has 32 heavy (non-hydrogen) atoms. The molecule has 0 unspecified atom stereocenters. The van der Waals surface area contributed by atoms with Crippen LogP contribution in [0.15, 0.2) is 46.9 Å². The minimum atomic E-state index is 0.135. The molecule has 0 atom stereocenters. The van der Waals surface area contributed by atoms with Gasteiger partial charge in [-0.25, -0.2) is 0 Å². The molecule has 0 aromatic heterocycles. The van der Waals surface area contributed by atoms with Crippen molar-refractivity contribution >= 4 is 27.5 Å². The van der Waals surface area contributed by atoms with Crippen molar-refractivity contribution in [1.82, 2.24) is 14.7 Å². The number of hydrogen-bond donors (Lipinski definition) is 1. The number of carbonyl (C=O) groups is 1. The van der Waals surface area contributed by atoms with Crippen LogP contribution in [0.1, 0.15) is 29.5 Å². The number of rotatable bonds is 10. The van der Waals surface area contributed by atoms with Crippen LogP contribution in [0.5, 0.6) is 0 Å². The molecule has 1 N–H and O–H groups in total. The van der Waals surface area contributed by atoms with Gasteiger partial charge in [-0.1, -0.05) is 40.2 Å². The maximum atomic E-state index is 13.2. The third-order valence-corrected chi connectivity index (χ3v) is 6.91. The Morgan fingerprint density at radius 3 is 2.72 bits per heavy atom. The number of nitrogens with zero attached hydrogens (tertiary/aromatic N) is 3. The van der Waals surface area contributed by atoms with Crippen LogP contribution in [-0.2, 0) is 24.3 Å². The highest BCUT2D eigenvalue weighted by molar-refractivity contribution is 9.10. The zero-order chi connectivity index (χ0) is 22.5. The first-order chi connectivity index (χ1) is 15.5. The van der Waals surface area contributed by atoms with Crippen molar-refractivity contribution in [3.8, 4) is 0 Å². The lowest BCUT2D eigenvalue weighted by Crippen LogP contribution is -2.39. The molecule has 1 saturated carbocycles. The van der Waals surface area contributed by atoms with Gasteiger partial charge in [-0.2, -0.15) is 0 Å². The van der Waals surface area contributed by atoms with E-state index >= 15 is 0 Å². The molecular weight excluding hydrogens is 464 g/mol. The van der Waals surface area contributed by atoms with Crippen LogP contribution in [0, 0.1) is 5.92 Å². The fourth-order valence-corrected chi connectivity index (χ4v) is 4.85. The predicted molar refractivity (Wildman–Crippen MR) is 135 cm³/mol. The summed E-state index contributed by atoms with van der Waals surface area (Å²) >= 11 is 3.54. The van der Waals surface area contributed by atoms with Crippen molar-refractivity contribution in [1.29, 1.82) is 0 Å². The van der Waals surface area contributed by atoms with E-state index in [1.54, 1.807) is 0 Å². The third kappa shape index (κ3) is 6.56. The van der Waals surface area contributed by atoms with E-state index in [2.05, 4.69) is 61.4 Å². The number of nitrogens with one attached hydrogen (secondary N) is 1. The van der Waals surface area contributed by atoms with Gasteiger partial charge in [0.25, 0.3) is 0 Å². The van der Waals surface area contributed by atoms with Gasteiger partial charge in [-0.3, -0.25) is 9.69 Å². The zero-order valence-electron chi connectivity index (χ0n) is 19.3. The third-order valence-electron chi connectivity index (χ3n) is 6.42. The molecule has 1 aliphatic heterocycles. The summed E-state index contributed by atoms with van der Waals surface area (Å²) in [7, 11) is 4.09. The number of fused-ring (bicyclic) bond motifs is 1. The van der Waals surface area contributed by atoms with Gasteiger partial charge in [0.15, 0.2) is 0 Å². The van der Waals surface area contributed by atoms with E-state index in [-0.39, 0.29) is 5.91 Å². The Kier molecular flexibility index (Phi) is 7.87. The van der Waals surface area contributed by atoms with Crippen molar-refractivity contribution in [3.63, 3.8) is 0 Å². The second kappa shape index (κ2) is 10.8. The fraction of sp³-hybridized carbons (Fsp3) is 0.500. The van der Waals surface area contributed by atoms with Gasteiger partial charge >= 0.3 is 0 Å². The van der Waals surface area contributed by atoms with Crippen LogP contribution < -0.4 is 5.32 Å². The summed E-state index contributed by atoms with van der Waals surface area (Å²) in [5, 5.41) is 3.47. The van der Waals surface area contributed by atoms with Crippen LogP contribution in [0.3, 0.4) is 0 Å². The molecule has 2 aliphatic rings. The molecule has 0 radical (unpaired) electrons. The van der Waals surface area contributed by atoms with Crippen molar-refractivity contribution in [2.45, 2.75) is 32.4 Å². The van der Waals surface area contributed by atoms with Gasteiger partial charge in [0.05, 0.1) is 6.54 Å². The number of hydrogen-bond acceptors (Lipinski definition) is 4. The summed E-state index contributed by atoms with van der Waals surface area (Å²) in [5.41, 5.74) is 5.06. The average molecular weight is 499 g/mol. The van der Waals surface area contributed by atoms with Crippen LogP contribution in [0.2, 0.25) is 0 Å². The highest BCUT2D eigenvalue weighted by atomic mass is 79.9. The summed E-state index contributed by atoms with van der Waals surface area (Å²) < 4.78 is 1.04. The van der Waals surface area contributed by atoms with E-state index in [0.717, 1.165) is 47.7 Å². The maximum Gasteiger partial charge on any atom is 0.242 e. The lowest BCUT2D eigenvalue weighted by atomic mass is 9.97. The second-order valence-corrected chi connectivity index (χ2v) is 10.4. The zero-order valence-corrected chi connectivity index (χ0v) is 20.9. The molecule has 1 fully saturated rings. The van der Waals surface area contributed by atoms with E-state index in [0.29, 0.717) is 19.6 Å².